The molecule has 0 bridgehead atoms. The van der Waals surface area contributed by atoms with Crippen molar-refractivity contribution in [2.75, 3.05) is 183 Å². The highest BCUT2D eigenvalue weighted by atomic mass is 16.6. The van der Waals surface area contributed by atoms with E-state index in [1.54, 1.807) is 7.11 Å². The highest BCUT2D eigenvalue weighted by Gasteiger charge is 2.24. The van der Waals surface area contributed by atoms with Crippen molar-refractivity contribution < 1.29 is 61.7 Å². The van der Waals surface area contributed by atoms with Crippen molar-refractivity contribution in [3.05, 3.63) is 53.9 Å². The molecule has 2 aromatic rings. The molecular formula is C52H79N4O13+. The molecule has 17 heteroatoms. The summed E-state index contributed by atoms with van der Waals surface area (Å²) in [6.07, 6.45) is 2.40. The van der Waals surface area contributed by atoms with Crippen molar-refractivity contribution in [3.63, 3.8) is 0 Å². The number of anilines is 3. The first-order valence-corrected chi connectivity index (χ1v) is 24.1. The minimum atomic E-state index is -0.879. The Bertz CT molecular complexity index is 2160. The standard InChI is InChI=1S/C52H78N4O13/c1-9-56(19-10-12-42(57)13-11-20-61-22-24-63-26-28-65-30-32-67-34-35-68-33-31-66-29-27-64-25-23-62-21-18-51(58)59)47-39-48(60-8)45(38-46(47)55(6)7)52-43-16-14-40(53(2)3)36-49(43)69-50-37-41(54(4)5)15-17-44(50)52/h14-17,36-39H,9-13,18-35H2,1-8H3/p+1. The third-order valence-corrected chi connectivity index (χ3v) is 11.2. The number of ketones is 1. The molecule has 0 amide bonds. The van der Waals surface area contributed by atoms with Crippen molar-refractivity contribution in [1.82, 2.24) is 4.58 Å². The zero-order chi connectivity index (χ0) is 49.8. The minimum absolute atomic E-state index is 0.00994. The van der Waals surface area contributed by atoms with Crippen molar-refractivity contribution in [3.8, 4) is 28.2 Å². The Morgan fingerprint density at radius 2 is 1.13 bits per heavy atom. The number of ether oxygens (including phenoxy) is 9. The fourth-order valence-electron chi connectivity index (χ4n) is 7.46. The lowest BCUT2D eigenvalue weighted by Crippen LogP contribution is -2.27. The van der Waals surface area contributed by atoms with Crippen LogP contribution in [0.1, 0.15) is 39.0 Å². The summed E-state index contributed by atoms with van der Waals surface area (Å²) in [4.78, 5) is 29.9. The molecule has 17 nitrogen and oxygen atoms in total. The third kappa shape index (κ3) is 19.8. The number of nitrogens with zero attached hydrogens (tertiary/aromatic N) is 4. The smallest absolute Gasteiger partial charge is 0.305 e. The van der Waals surface area contributed by atoms with Crippen LogP contribution in [0.3, 0.4) is 0 Å². The van der Waals surface area contributed by atoms with Gasteiger partial charge in [0.2, 0.25) is 5.36 Å². The zero-order valence-electron chi connectivity index (χ0n) is 42.5. The number of carbonyl (C=O) groups excluding carboxylic acids is 1. The summed E-state index contributed by atoms with van der Waals surface area (Å²) in [5.74, 6) is 0.926. The number of benzene rings is 3. The molecule has 0 fully saturated rings. The van der Waals surface area contributed by atoms with Crippen molar-refractivity contribution in [2.45, 2.75) is 39.0 Å². The van der Waals surface area contributed by atoms with Crippen LogP contribution in [-0.4, -0.2) is 185 Å². The fourth-order valence-corrected chi connectivity index (χ4v) is 7.46. The summed E-state index contributed by atoms with van der Waals surface area (Å²) < 4.78 is 58.7. The van der Waals surface area contributed by atoms with Gasteiger partial charge in [0.25, 0.3) is 0 Å². The van der Waals surface area contributed by atoms with E-state index in [0.717, 1.165) is 81.1 Å². The first kappa shape index (κ1) is 56.7. The van der Waals surface area contributed by atoms with E-state index in [-0.39, 0.29) is 18.8 Å². The molecule has 0 atom stereocenters. The summed E-state index contributed by atoms with van der Waals surface area (Å²) in [5.41, 5.74) is 7.01. The van der Waals surface area contributed by atoms with E-state index >= 15 is 0 Å². The van der Waals surface area contributed by atoms with E-state index in [1.165, 1.54) is 0 Å². The number of carbonyl (C=O) groups is 2. The molecule has 0 radical (unpaired) electrons. The molecule has 384 valence electrons. The Hall–Kier alpha value is -4.85. The van der Waals surface area contributed by atoms with E-state index in [4.69, 9.17) is 52.2 Å². The van der Waals surface area contributed by atoms with Crippen LogP contribution in [0.2, 0.25) is 0 Å². The van der Waals surface area contributed by atoms with Gasteiger partial charge in [-0.05, 0) is 44.0 Å². The molecule has 0 aromatic heterocycles. The second-order valence-corrected chi connectivity index (χ2v) is 16.9. The van der Waals surface area contributed by atoms with Crippen LogP contribution in [0.25, 0.3) is 33.4 Å². The van der Waals surface area contributed by atoms with Crippen molar-refractivity contribution >= 4 is 39.8 Å². The topological polar surface area (TPSA) is 163 Å². The Balaban J connectivity index is 1.09. The van der Waals surface area contributed by atoms with Gasteiger partial charge in [-0.1, -0.05) is 0 Å². The van der Waals surface area contributed by atoms with Crippen LogP contribution in [0.15, 0.2) is 52.9 Å². The van der Waals surface area contributed by atoms with E-state index in [9.17, 15) is 9.59 Å². The number of hydrogen-bond donors (Lipinski definition) is 1. The van der Waals surface area contributed by atoms with Gasteiger partial charge in [-0.15, -0.1) is 0 Å². The molecule has 0 saturated heterocycles. The average Bonchev–Trinajstić information content (AvgIpc) is 3.33. The van der Waals surface area contributed by atoms with Gasteiger partial charge in [0.05, 0.1) is 130 Å². The lowest BCUT2D eigenvalue weighted by Gasteiger charge is -2.30. The highest BCUT2D eigenvalue weighted by molar-refractivity contribution is 6.05. The van der Waals surface area contributed by atoms with Gasteiger partial charge < -0.3 is 66.9 Å². The van der Waals surface area contributed by atoms with E-state index in [1.807, 2.05) is 28.2 Å². The Labute approximate surface area is 409 Å². The van der Waals surface area contributed by atoms with Crippen LogP contribution < -0.4 is 29.4 Å². The van der Waals surface area contributed by atoms with Crippen molar-refractivity contribution in [1.29, 1.82) is 0 Å². The van der Waals surface area contributed by atoms with Gasteiger partial charge in [0, 0.05) is 107 Å². The second-order valence-electron chi connectivity index (χ2n) is 16.9. The number of carboxylic acid groups (broad SMARTS) is 1. The molecular weight excluding hydrogens is 889 g/mol. The lowest BCUT2D eigenvalue weighted by molar-refractivity contribution is -0.138. The third-order valence-electron chi connectivity index (χ3n) is 11.2. The van der Waals surface area contributed by atoms with Gasteiger partial charge in [0.15, 0.2) is 0 Å². The van der Waals surface area contributed by atoms with Gasteiger partial charge in [-0.2, -0.15) is 0 Å². The highest BCUT2D eigenvalue weighted by Crippen LogP contribution is 2.47. The van der Waals surface area contributed by atoms with Gasteiger partial charge in [0.1, 0.15) is 37.0 Å². The van der Waals surface area contributed by atoms with Crippen molar-refractivity contribution in [2.24, 2.45) is 0 Å². The van der Waals surface area contributed by atoms with Crippen LogP contribution in [-0.2, 0) is 47.5 Å². The lowest BCUT2D eigenvalue weighted by atomic mass is 9.92. The monoisotopic (exact) mass is 968 g/mol. The second kappa shape index (κ2) is 32.1. The van der Waals surface area contributed by atoms with E-state index in [0.29, 0.717) is 118 Å². The summed E-state index contributed by atoms with van der Waals surface area (Å²) in [6, 6.07) is 17.1. The van der Waals surface area contributed by atoms with Crippen LogP contribution in [0.4, 0.5) is 17.1 Å². The molecule has 1 N–H and O–H groups in total. The number of Topliss-reactive ketones (excluding diaryl/α,β-unsaturated/α-hetero) is 1. The molecule has 0 spiro atoms. The molecule has 2 aromatic carbocycles. The summed E-state index contributed by atoms with van der Waals surface area (Å²) >= 11 is 0. The quantitative estimate of drug-likeness (QED) is 0.0319. The molecule has 0 unspecified atom stereocenters. The summed E-state index contributed by atoms with van der Waals surface area (Å²) in [7, 11) is 14.0. The molecule has 0 saturated carbocycles. The van der Waals surface area contributed by atoms with Gasteiger partial charge >= 0.3 is 5.97 Å². The number of fused-ring (bicyclic) bond motifs is 2. The van der Waals surface area contributed by atoms with Crippen LogP contribution in [0, 0.1) is 0 Å². The summed E-state index contributed by atoms with van der Waals surface area (Å²) in [5, 5.41) is 10.6. The van der Waals surface area contributed by atoms with Crippen LogP contribution >= 0.6 is 0 Å². The number of methoxy groups -OCH3 is 1. The summed E-state index contributed by atoms with van der Waals surface area (Å²) in [6.45, 7) is 10.6. The maximum Gasteiger partial charge on any atom is 0.305 e. The Morgan fingerprint density at radius 3 is 1.62 bits per heavy atom. The predicted molar refractivity (Wildman–Crippen MR) is 271 cm³/mol. The molecule has 1 heterocycles. The first-order valence-electron chi connectivity index (χ1n) is 24.1. The van der Waals surface area contributed by atoms with E-state index in [2.05, 4.69) is 88.8 Å². The zero-order valence-corrected chi connectivity index (χ0v) is 42.5. The number of carboxylic acids is 1. The maximum absolute atomic E-state index is 12.9. The Morgan fingerprint density at radius 1 is 0.594 bits per heavy atom. The Kier molecular flexibility index (Phi) is 26.4. The fraction of sp³-hybridized carbons (Fsp3) is 0.596. The maximum atomic E-state index is 12.9. The normalized spacial score (nSPS) is 11.4. The van der Waals surface area contributed by atoms with Gasteiger partial charge in [-0.25, -0.2) is 4.58 Å². The average molecular weight is 968 g/mol. The van der Waals surface area contributed by atoms with E-state index < -0.39 is 5.97 Å². The number of rotatable bonds is 38. The first-order chi connectivity index (χ1) is 33.4. The predicted octanol–water partition coefficient (Wildman–Crippen LogP) is 5.94. The molecule has 2 aliphatic rings. The minimum Gasteiger partial charge on any atom is -0.496 e. The van der Waals surface area contributed by atoms with Gasteiger partial charge in [-0.3, -0.25) is 9.59 Å². The molecule has 1 aliphatic heterocycles. The molecule has 69 heavy (non-hydrogen) atoms. The number of aliphatic carboxylic acids is 1. The SMILES string of the molecule is CCN(CCCC(=O)CCCOCCOCCOCCOCCOCCOCCOCCOCCC(=O)O)c1cc(OC)c(-c2c3ccc(=[N+](C)C)cc-3oc3cc(N(C)C)ccc23)cc1N(C)C. The molecule has 4 rings (SSSR count). The number of hydrogen-bond acceptors (Lipinski definition) is 15. The largest absolute Gasteiger partial charge is 0.496 e. The molecule has 1 aliphatic carbocycles. The van der Waals surface area contributed by atoms with Crippen LogP contribution in [0.5, 0.6) is 5.75 Å².